The van der Waals surface area contributed by atoms with Crippen LogP contribution in [-0.2, 0) is 4.79 Å². The molecule has 0 radical (unpaired) electrons. The summed E-state index contributed by atoms with van der Waals surface area (Å²) in [6, 6.07) is 8.27. The van der Waals surface area contributed by atoms with Crippen molar-refractivity contribution in [3.05, 3.63) is 45.2 Å². The summed E-state index contributed by atoms with van der Waals surface area (Å²) in [7, 11) is 0. The number of rotatable bonds is 4. The van der Waals surface area contributed by atoms with Crippen molar-refractivity contribution in [2.45, 2.75) is 18.9 Å². The fourth-order valence-electron chi connectivity index (χ4n) is 2.64. The second-order valence-corrected chi connectivity index (χ2v) is 6.95. The van der Waals surface area contributed by atoms with Crippen molar-refractivity contribution in [1.29, 1.82) is 0 Å². The monoisotopic (exact) mass is 365 g/mol. The predicted octanol–water partition coefficient (Wildman–Crippen LogP) is 3.68. The number of anilines is 1. The van der Waals surface area contributed by atoms with Gasteiger partial charge in [0.15, 0.2) is 0 Å². The van der Waals surface area contributed by atoms with Gasteiger partial charge < -0.3 is 5.32 Å². The van der Waals surface area contributed by atoms with Crippen LogP contribution in [0.3, 0.4) is 0 Å². The molecule has 110 valence electrons. The molecule has 1 saturated heterocycles. The maximum Gasteiger partial charge on any atom is 0.239 e. The van der Waals surface area contributed by atoms with Crippen LogP contribution in [0.4, 0.5) is 5.82 Å². The fraction of sp³-hybridized carbons (Fsp3) is 0.333. The highest BCUT2D eigenvalue weighted by atomic mass is 79.9. The summed E-state index contributed by atoms with van der Waals surface area (Å²) < 4.78 is 0.901. The van der Waals surface area contributed by atoms with Crippen molar-refractivity contribution in [1.82, 2.24) is 9.88 Å². The van der Waals surface area contributed by atoms with Gasteiger partial charge in [-0.3, -0.25) is 9.69 Å². The van der Waals surface area contributed by atoms with Gasteiger partial charge in [-0.25, -0.2) is 4.98 Å². The zero-order chi connectivity index (χ0) is 14.7. The molecular formula is C15H16BrN3OS. The van der Waals surface area contributed by atoms with Crippen LogP contribution in [0.5, 0.6) is 0 Å². The maximum atomic E-state index is 12.2. The highest BCUT2D eigenvalue weighted by molar-refractivity contribution is 9.10. The number of thiophene rings is 1. The Bertz CT molecular complexity index is 600. The number of carbonyl (C=O) groups is 1. The number of hydrogen-bond acceptors (Lipinski definition) is 4. The number of carbonyl (C=O) groups excluding carboxylic acids is 1. The van der Waals surface area contributed by atoms with Gasteiger partial charge in [0, 0.05) is 21.6 Å². The molecule has 1 amide bonds. The molecule has 0 saturated carbocycles. The molecule has 1 N–H and O–H groups in total. The Labute approximate surface area is 136 Å². The Hall–Kier alpha value is -1.24. The molecule has 1 aliphatic heterocycles. The normalized spacial score (nSPS) is 18.8. The van der Waals surface area contributed by atoms with E-state index in [0.717, 1.165) is 23.9 Å². The SMILES string of the molecule is O=C(CN1CCCC1c1cccs1)Nc1ccc(Br)cn1. The van der Waals surface area contributed by atoms with Crippen LogP contribution >= 0.6 is 27.3 Å². The minimum absolute atomic E-state index is 0.00622. The van der Waals surface area contributed by atoms with Crippen LogP contribution in [0.15, 0.2) is 40.3 Å². The second kappa shape index (κ2) is 6.68. The van der Waals surface area contributed by atoms with E-state index in [4.69, 9.17) is 0 Å². The number of halogens is 1. The van der Waals surface area contributed by atoms with E-state index in [2.05, 4.69) is 48.6 Å². The van der Waals surface area contributed by atoms with E-state index in [1.54, 1.807) is 23.6 Å². The minimum Gasteiger partial charge on any atom is -0.310 e. The third-order valence-corrected chi connectivity index (χ3v) is 5.02. The van der Waals surface area contributed by atoms with E-state index in [1.807, 2.05) is 6.07 Å². The molecule has 3 rings (SSSR count). The summed E-state index contributed by atoms with van der Waals surface area (Å²) in [5, 5.41) is 4.95. The summed E-state index contributed by atoms with van der Waals surface area (Å²) in [5.41, 5.74) is 0. The standard InChI is InChI=1S/C15H16BrN3OS/c16-11-5-6-14(17-9-11)18-15(20)10-19-7-1-3-12(19)13-4-2-8-21-13/h2,4-6,8-9,12H,1,3,7,10H2,(H,17,18,20). The molecule has 1 atom stereocenters. The summed E-state index contributed by atoms with van der Waals surface area (Å²) in [4.78, 5) is 19.9. The van der Waals surface area contributed by atoms with E-state index >= 15 is 0 Å². The predicted molar refractivity (Wildman–Crippen MR) is 88.4 cm³/mol. The molecule has 4 nitrogen and oxygen atoms in total. The molecule has 0 aromatic carbocycles. The number of hydrogen-bond donors (Lipinski definition) is 1. The van der Waals surface area contributed by atoms with Crippen molar-refractivity contribution in [2.24, 2.45) is 0 Å². The van der Waals surface area contributed by atoms with E-state index in [0.29, 0.717) is 18.4 Å². The lowest BCUT2D eigenvalue weighted by molar-refractivity contribution is -0.117. The van der Waals surface area contributed by atoms with Crippen LogP contribution in [0.2, 0.25) is 0 Å². The van der Waals surface area contributed by atoms with Gasteiger partial charge in [0.25, 0.3) is 0 Å². The minimum atomic E-state index is -0.00622. The molecule has 2 aromatic heterocycles. The van der Waals surface area contributed by atoms with Crippen molar-refractivity contribution in [3.8, 4) is 0 Å². The third-order valence-electron chi connectivity index (χ3n) is 3.58. The lowest BCUT2D eigenvalue weighted by atomic mass is 10.2. The molecule has 3 heterocycles. The van der Waals surface area contributed by atoms with Gasteiger partial charge in [-0.05, 0) is 58.9 Å². The summed E-state index contributed by atoms with van der Waals surface area (Å²) in [6.45, 7) is 1.39. The first kappa shape index (κ1) is 14.7. The van der Waals surface area contributed by atoms with Crippen LogP contribution < -0.4 is 5.32 Å². The summed E-state index contributed by atoms with van der Waals surface area (Å²) >= 11 is 5.10. The summed E-state index contributed by atoms with van der Waals surface area (Å²) in [6.07, 6.45) is 3.95. The molecule has 2 aromatic rings. The molecule has 1 aliphatic rings. The largest absolute Gasteiger partial charge is 0.310 e. The Balaban J connectivity index is 1.60. The van der Waals surface area contributed by atoms with E-state index in [-0.39, 0.29) is 5.91 Å². The summed E-state index contributed by atoms with van der Waals surface area (Å²) in [5.74, 6) is 0.586. The lowest BCUT2D eigenvalue weighted by Gasteiger charge is -2.22. The van der Waals surface area contributed by atoms with Crippen molar-refractivity contribution in [2.75, 3.05) is 18.4 Å². The van der Waals surface area contributed by atoms with E-state index in [9.17, 15) is 4.79 Å². The average Bonchev–Trinajstić information content (AvgIpc) is 3.11. The molecule has 21 heavy (non-hydrogen) atoms. The first-order valence-electron chi connectivity index (χ1n) is 6.91. The highest BCUT2D eigenvalue weighted by Gasteiger charge is 2.28. The van der Waals surface area contributed by atoms with E-state index in [1.165, 1.54) is 4.88 Å². The topological polar surface area (TPSA) is 45.2 Å². The number of likely N-dealkylation sites (tertiary alicyclic amines) is 1. The quantitative estimate of drug-likeness (QED) is 0.898. The maximum absolute atomic E-state index is 12.2. The van der Waals surface area contributed by atoms with Crippen LogP contribution in [0, 0.1) is 0 Å². The highest BCUT2D eigenvalue weighted by Crippen LogP contribution is 2.34. The lowest BCUT2D eigenvalue weighted by Crippen LogP contribution is -2.32. The molecule has 0 bridgehead atoms. The zero-order valence-corrected chi connectivity index (χ0v) is 13.9. The number of nitrogens with one attached hydrogen (secondary N) is 1. The zero-order valence-electron chi connectivity index (χ0n) is 11.5. The molecule has 6 heteroatoms. The number of aromatic nitrogens is 1. The molecule has 0 spiro atoms. The smallest absolute Gasteiger partial charge is 0.239 e. The van der Waals surface area contributed by atoms with Gasteiger partial charge >= 0.3 is 0 Å². The Kier molecular flexibility index (Phi) is 4.67. The molecular weight excluding hydrogens is 350 g/mol. The van der Waals surface area contributed by atoms with Crippen LogP contribution in [0.1, 0.15) is 23.8 Å². The molecule has 1 fully saturated rings. The van der Waals surface area contributed by atoms with Gasteiger partial charge in [0.2, 0.25) is 5.91 Å². The third kappa shape index (κ3) is 3.70. The van der Waals surface area contributed by atoms with E-state index < -0.39 is 0 Å². The van der Waals surface area contributed by atoms with Crippen LogP contribution in [0.25, 0.3) is 0 Å². The first-order valence-corrected chi connectivity index (χ1v) is 8.58. The van der Waals surface area contributed by atoms with Crippen molar-refractivity contribution in [3.63, 3.8) is 0 Å². The second-order valence-electron chi connectivity index (χ2n) is 5.05. The van der Waals surface area contributed by atoms with Gasteiger partial charge in [0.05, 0.1) is 6.54 Å². The fourth-order valence-corrected chi connectivity index (χ4v) is 3.77. The Morgan fingerprint density at radius 3 is 3.10 bits per heavy atom. The van der Waals surface area contributed by atoms with Gasteiger partial charge in [-0.2, -0.15) is 0 Å². The van der Waals surface area contributed by atoms with Crippen molar-refractivity contribution >= 4 is 39.0 Å². The number of pyridine rings is 1. The Morgan fingerprint density at radius 2 is 2.38 bits per heavy atom. The van der Waals surface area contributed by atoms with Crippen molar-refractivity contribution < 1.29 is 4.79 Å². The molecule has 0 aliphatic carbocycles. The average molecular weight is 366 g/mol. The first-order chi connectivity index (χ1) is 10.2. The molecule has 1 unspecified atom stereocenters. The number of amides is 1. The Morgan fingerprint density at radius 1 is 1.48 bits per heavy atom. The van der Waals surface area contributed by atoms with Gasteiger partial charge in [-0.15, -0.1) is 11.3 Å². The van der Waals surface area contributed by atoms with Crippen LogP contribution in [-0.4, -0.2) is 28.9 Å². The number of nitrogens with zero attached hydrogens (tertiary/aromatic N) is 2. The van der Waals surface area contributed by atoms with Gasteiger partial charge in [0.1, 0.15) is 5.82 Å². The van der Waals surface area contributed by atoms with Gasteiger partial charge in [-0.1, -0.05) is 6.07 Å².